The van der Waals surface area contributed by atoms with Crippen LogP contribution in [-0.2, 0) is 9.53 Å². The number of rotatable bonds is 4. The molecule has 1 rings (SSSR count). The zero-order valence-electron chi connectivity index (χ0n) is 14.4. The van der Waals surface area contributed by atoms with Crippen LogP contribution in [-0.4, -0.2) is 58.5 Å². The average Bonchev–Trinajstić information content (AvgIpc) is 2.42. The van der Waals surface area contributed by atoms with Gasteiger partial charge >= 0.3 is 6.09 Å². The number of ether oxygens (including phenoxy) is 1. The van der Waals surface area contributed by atoms with Crippen molar-refractivity contribution in [2.75, 3.05) is 19.0 Å². The molecule has 1 aliphatic heterocycles. The number of hydrogen-bond acceptors (Lipinski definition) is 3. The molecule has 1 heterocycles. The number of amides is 2. The lowest BCUT2D eigenvalue weighted by Gasteiger charge is -2.40. The van der Waals surface area contributed by atoms with E-state index in [4.69, 9.17) is 16.3 Å². The quantitative estimate of drug-likeness (QED) is 0.742. The largest absolute Gasteiger partial charge is 0.444 e. The van der Waals surface area contributed by atoms with Crippen LogP contribution in [0.5, 0.6) is 0 Å². The van der Waals surface area contributed by atoms with Gasteiger partial charge in [-0.25, -0.2) is 4.79 Å². The molecule has 1 saturated heterocycles. The molecule has 1 unspecified atom stereocenters. The fourth-order valence-corrected chi connectivity index (χ4v) is 2.81. The first-order valence-corrected chi connectivity index (χ1v) is 8.54. The highest BCUT2D eigenvalue weighted by molar-refractivity contribution is 6.27. The average molecular weight is 333 g/mol. The van der Waals surface area contributed by atoms with Crippen molar-refractivity contribution in [2.24, 2.45) is 0 Å². The van der Waals surface area contributed by atoms with Gasteiger partial charge in [0.05, 0.1) is 6.04 Å². The van der Waals surface area contributed by atoms with Gasteiger partial charge in [-0.2, -0.15) is 0 Å². The summed E-state index contributed by atoms with van der Waals surface area (Å²) in [6.07, 6.45) is 2.63. The highest BCUT2D eigenvalue weighted by Crippen LogP contribution is 2.22. The van der Waals surface area contributed by atoms with Crippen molar-refractivity contribution in [3.8, 4) is 0 Å². The van der Waals surface area contributed by atoms with E-state index in [-0.39, 0.29) is 30.0 Å². The number of alkyl halides is 1. The van der Waals surface area contributed by atoms with Crippen molar-refractivity contribution in [3.05, 3.63) is 0 Å². The van der Waals surface area contributed by atoms with Crippen molar-refractivity contribution in [1.82, 2.24) is 9.80 Å². The molecule has 1 fully saturated rings. The SMILES string of the molecule is CC(C)N(CC1CCCCN1C(=O)OC(C)(C)C)C(=O)CCl. The molecule has 22 heavy (non-hydrogen) atoms. The Morgan fingerprint density at radius 1 is 1.32 bits per heavy atom. The van der Waals surface area contributed by atoms with Gasteiger partial charge < -0.3 is 14.5 Å². The van der Waals surface area contributed by atoms with E-state index in [1.165, 1.54) is 0 Å². The number of carbonyl (C=O) groups excluding carboxylic acids is 2. The van der Waals surface area contributed by atoms with Gasteiger partial charge in [-0.15, -0.1) is 11.6 Å². The molecule has 0 aromatic carbocycles. The van der Waals surface area contributed by atoms with Crippen LogP contribution in [0.4, 0.5) is 4.79 Å². The Morgan fingerprint density at radius 3 is 2.45 bits per heavy atom. The molecule has 1 atom stereocenters. The van der Waals surface area contributed by atoms with Crippen LogP contribution < -0.4 is 0 Å². The normalized spacial score (nSPS) is 19.2. The molecule has 1 aliphatic rings. The number of piperidine rings is 1. The smallest absolute Gasteiger partial charge is 0.410 e. The first kappa shape index (κ1) is 19.1. The third kappa shape index (κ3) is 5.67. The van der Waals surface area contributed by atoms with E-state index >= 15 is 0 Å². The predicted molar refractivity (Wildman–Crippen MR) is 88.1 cm³/mol. The minimum Gasteiger partial charge on any atom is -0.444 e. The lowest BCUT2D eigenvalue weighted by Crippen LogP contribution is -2.53. The summed E-state index contributed by atoms with van der Waals surface area (Å²) in [4.78, 5) is 27.9. The van der Waals surface area contributed by atoms with Crippen molar-refractivity contribution in [3.63, 3.8) is 0 Å². The molecule has 0 radical (unpaired) electrons. The Hall–Kier alpha value is -0.970. The zero-order chi connectivity index (χ0) is 16.9. The summed E-state index contributed by atoms with van der Waals surface area (Å²) in [7, 11) is 0. The van der Waals surface area contributed by atoms with E-state index in [2.05, 4.69) is 0 Å². The van der Waals surface area contributed by atoms with Crippen LogP contribution in [0.1, 0.15) is 53.9 Å². The standard InChI is InChI=1S/C16H29ClN2O3/c1-12(2)19(14(20)10-17)11-13-8-6-7-9-18(13)15(21)22-16(3,4)5/h12-13H,6-11H2,1-5H3. The van der Waals surface area contributed by atoms with Gasteiger partial charge in [0.25, 0.3) is 0 Å². The number of halogens is 1. The lowest BCUT2D eigenvalue weighted by molar-refractivity contribution is -0.131. The van der Waals surface area contributed by atoms with Crippen molar-refractivity contribution in [1.29, 1.82) is 0 Å². The van der Waals surface area contributed by atoms with Crippen LogP contribution in [0.3, 0.4) is 0 Å². The Labute approximate surface area is 138 Å². The molecule has 5 nitrogen and oxygen atoms in total. The summed E-state index contributed by atoms with van der Waals surface area (Å²) in [6, 6.07) is 0.0619. The zero-order valence-corrected chi connectivity index (χ0v) is 15.2. The van der Waals surface area contributed by atoms with Crippen molar-refractivity contribution >= 4 is 23.6 Å². The van der Waals surface area contributed by atoms with Gasteiger partial charge in [0.15, 0.2) is 0 Å². The summed E-state index contributed by atoms with van der Waals surface area (Å²) in [5, 5.41) is 0. The minimum absolute atomic E-state index is 0.00170. The molecule has 0 aromatic rings. The van der Waals surface area contributed by atoms with Crippen LogP contribution in [0.25, 0.3) is 0 Å². The van der Waals surface area contributed by atoms with Gasteiger partial charge in [0, 0.05) is 19.1 Å². The fourth-order valence-electron chi connectivity index (χ4n) is 2.66. The Kier molecular flexibility index (Phi) is 6.98. The lowest BCUT2D eigenvalue weighted by atomic mass is 10.0. The predicted octanol–water partition coefficient (Wildman–Crippen LogP) is 3.25. The fraction of sp³-hybridized carbons (Fsp3) is 0.875. The van der Waals surface area contributed by atoms with Crippen LogP contribution in [0.15, 0.2) is 0 Å². The maximum atomic E-state index is 12.4. The molecule has 128 valence electrons. The van der Waals surface area contributed by atoms with E-state index in [0.717, 1.165) is 19.3 Å². The second-order valence-corrected chi connectivity index (χ2v) is 7.36. The molecule has 0 N–H and O–H groups in total. The number of nitrogens with zero attached hydrogens (tertiary/aromatic N) is 2. The summed E-state index contributed by atoms with van der Waals surface area (Å²) < 4.78 is 5.49. The Balaban J connectivity index is 2.80. The van der Waals surface area contributed by atoms with E-state index in [1.807, 2.05) is 34.6 Å². The van der Waals surface area contributed by atoms with Gasteiger partial charge in [0.2, 0.25) is 5.91 Å². The maximum Gasteiger partial charge on any atom is 0.410 e. The highest BCUT2D eigenvalue weighted by atomic mass is 35.5. The first-order chi connectivity index (χ1) is 10.2. The minimum atomic E-state index is -0.511. The molecular formula is C16H29ClN2O3. The molecule has 0 aliphatic carbocycles. The monoisotopic (exact) mass is 332 g/mol. The molecule has 0 spiro atoms. The summed E-state index contributed by atoms with van der Waals surface area (Å²) in [6.45, 7) is 10.7. The molecule has 0 saturated carbocycles. The summed E-state index contributed by atoms with van der Waals surface area (Å²) >= 11 is 5.70. The summed E-state index contributed by atoms with van der Waals surface area (Å²) in [5.74, 6) is -0.122. The third-order valence-corrected chi connectivity index (χ3v) is 3.95. The molecule has 0 bridgehead atoms. The Bertz CT molecular complexity index is 393. The first-order valence-electron chi connectivity index (χ1n) is 8.00. The van der Waals surface area contributed by atoms with E-state index < -0.39 is 5.60 Å². The van der Waals surface area contributed by atoms with E-state index in [9.17, 15) is 9.59 Å². The number of hydrogen-bond donors (Lipinski definition) is 0. The second-order valence-electron chi connectivity index (χ2n) is 7.10. The van der Waals surface area contributed by atoms with Gasteiger partial charge in [-0.3, -0.25) is 4.79 Å². The third-order valence-electron chi connectivity index (χ3n) is 3.72. The molecule has 0 aromatic heterocycles. The van der Waals surface area contributed by atoms with E-state index in [0.29, 0.717) is 13.1 Å². The van der Waals surface area contributed by atoms with E-state index in [1.54, 1.807) is 9.80 Å². The van der Waals surface area contributed by atoms with Crippen LogP contribution in [0.2, 0.25) is 0 Å². The van der Waals surface area contributed by atoms with Crippen LogP contribution >= 0.6 is 11.6 Å². The van der Waals surface area contributed by atoms with Crippen molar-refractivity contribution < 1.29 is 14.3 Å². The van der Waals surface area contributed by atoms with Crippen LogP contribution in [0, 0.1) is 0 Å². The van der Waals surface area contributed by atoms with Crippen molar-refractivity contribution in [2.45, 2.75) is 71.6 Å². The topological polar surface area (TPSA) is 49.9 Å². The highest BCUT2D eigenvalue weighted by Gasteiger charge is 2.32. The molecule has 2 amide bonds. The number of carbonyl (C=O) groups is 2. The Morgan fingerprint density at radius 2 is 1.95 bits per heavy atom. The second kappa shape index (κ2) is 8.04. The van der Waals surface area contributed by atoms with Gasteiger partial charge in [-0.1, -0.05) is 0 Å². The molecular weight excluding hydrogens is 304 g/mol. The van der Waals surface area contributed by atoms with Gasteiger partial charge in [-0.05, 0) is 53.9 Å². The summed E-state index contributed by atoms with van der Waals surface area (Å²) in [5.41, 5.74) is -0.511. The maximum absolute atomic E-state index is 12.4. The number of likely N-dealkylation sites (tertiary alicyclic amines) is 1. The molecule has 6 heteroatoms. The van der Waals surface area contributed by atoms with Gasteiger partial charge in [0.1, 0.15) is 11.5 Å².